The Morgan fingerprint density at radius 1 is 1.10 bits per heavy atom. The van der Waals surface area contributed by atoms with E-state index in [2.05, 4.69) is 10.1 Å². The number of esters is 1. The first-order valence-electron chi connectivity index (χ1n) is 6.52. The van der Waals surface area contributed by atoms with Crippen LogP contribution in [0.15, 0.2) is 0 Å². The van der Waals surface area contributed by atoms with Crippen LogP contribution in [0.5, 0.6) is 0 Å². The molecule has 0 aliphatic carbocycles. The third-order valence-electron chi connectivity index (χ3n) is 2.06. The second-order valence-corrected chi connectivity index (χ2v) is 5.11. The van der Waals surface area contributed by atoms with Crippen LogP contribution in [0.4, 0.5) is 4.79 Å². The highest BCUT2D eigenvalue weighted by molar-refractivity contribution is 5.81. The third-order valence-corrected chi connectivity index (χ3v) is 2.06. The maximum atomic E-state index is 11.6. The summed E-state index contributed by atoms with van der Waals surface area (Å²) in [6, 6.07) is -0.962. The van der Waals surface area contributed by atoms with Crippen molar-refractivity contribution in [3.8, 4) is 0 Å². The fourth-order valence-corrected chi connectivity index (χ4v) is 1.19. The fraction of sp³-hybridized carbons (Fsp3) is 0.846. The predicted molar refractivity (Wildman–Crippen MR) is 73.8 cm³/mol. The molecule has 124 valence electrons. The van der Waals surface area contributed by atoms with Gasteiger partial charge in [0.1, 0.15) is 12.4 Å². The van der Waals surface area contributed by atoms with Crippen molar-refractivity contribution in [1.29, 1.82) is 0 Å². The average molecular weight is 307 g/mol. The predicted octanol–water partition coefficient (Wildman–Crippen LogP) is 0.690. The normalized spacial score (nSPS) is 12.6. The molecular formula is C13H25NO7. The van der Waals surface area contributed by atoms with Gasteiger partial charge in [0.05, 0.1) is 26.9 Å². The number of carbonyl (C=O) groups is 2. The largest absolute Gasteiger partial charge is 0.467 e. The number of rotatable bonds is 9. The maximum absolute atomic E-state index is 11.6. The Bertz CT molecular complexity index is 314. The minimum Gasteiger partial charge on any atom is -0.467 e. The minimum absolute atomic E-state index is 0.0210. The van der Waals surface area contributed by atoms with Gasteiger partial charge in [0, 0.05) is 7.11 Å². The molecule has 0 aromatic heterocycles. The van der Waals surface area contributed by atoms with Gasteiger partial charge < -0.3 is 29.0 Å². The number of carbonyl (C=O) groups excluding carboxylic acids is 2. The average Bonchev–Trinajstić information content (AvgIpc) is 2.38. The van der Waals surface area contributed by atoms with Gasteiger partial charge in [0.25, 0.3) is 0 Å². The molecule has 0 aromatic rings. The summed E-state index contributed by atoms with van der Waals surface area (Å²) in [6.45, 7) is 5.88. The first-order valence-corrected chi connectivity index (χ1v) is 6.52. The lowest BCUT2D eigenvalue weighted by atomic mass is 10.2. The van der Waals surface area contributed by atoms with Crippen molar-refractivity contribution < 1.29 is 33.3 Å². The molecule has 0 rings (SSSR count). The summed E-state index contributed by atoms with van der Waals surface area (Å²) in [6.07, 6.45) is -0.721. The number of methoxy groups -OCH3 is 2. The van der Waals surface area contributed by atoms with E-state index in [1.807, 2.05) is 0 Å². The molecule has 0 saturated carbocycles. The fourth-order valence-electron chi connectivity index (χ4n) is 1.19. The van der Waals surface area contributed by atoms with Crippen molar-refractivity contribution in [2.24, 2.45) is 0 Å². The SMILES string of the molecule is COCCOCOC[C@@H](NC(=O)OC(C)(C)C)C(=O)OC. The first kappa shape index (κ1) is 19.6. The second kappa shape index (κ2) is 10.4. The van der Waals surface area contributed by atoms with Crippen molar-refractivity contribution >= 4 is 12.1 Å². The molecule has 1 amide bonds. The number of amides is 1. The molecule has 0 spiro atoms. The Kier molecular flexibility index (Phi) is 9.68. The zero-order valence-electron chi connectivity index (χ0n) is 13.3. The summed E-state index contributed by atoms with van der Waals surface area (Å²) < 4.78 is 24.7. The summed E-state index contributed by atoms with van der Waals surface area (Å²) in [4.78, 5) is 23.2. The number of alkyl carbamates (subject to hydrolysis) is 1. The summed E-state index contributed by atoms with van der Waals surface area (Å²) in [5.74, 6) is -0.627. The molecule has 0 aliphatic heterocycles. The summed E-state index contributed by atoms with van der Waals surface area (Å²) in [5, 5.41) is 2.39. The van der Waals surface area contributed by atoms with Crippen molar-refractivity contribution in [2.75, 3.05) is 40.8 Å². The van der Waals surface area contributed by atoms with Gasteiger partial charge in [-0.3, -0.25) is 0 Å². The van der Waals surface area contributed by atoms with Crippen LogP contribution < -0.4 is 5.32 Å². The molecule has 0 heterocycles. The number of hydrogen-bond donors (Lipinski definition) is 1. The van der Waals surface area contributed by atoms with E-state index in [0.29, 0.717) is 13.2 Å². The highest BCUT2D eigenvalue weighted by atomic mass is 16.7. The van der Waals surface area contributed by atoms with E-state index in [-0.39, 0.29) is 13.4 Å². The van der Waals surface area contributed by atoms with Crippen LogP contribution in [-0.2, 0) is 28.5 Å². The second-order valence-electron chi connectivity index (χ2n) is 5.11. The van der Waals surface area contributed by atoms with Gasteiger partial charge in [-0.2, -0.15) is 0 Å². The number of hydrogen-bond acceptors (Lipinski definition) is 7. The molecule has 0 radical (unpaired) electrons. The van der Waals surface area contributed by atoms with Crippen molar-refractivity contribution in [1.82, 2.24) is 5.32 Å². The van der Waals surface area contributed by atoms with E-state index in [1.54, 1.807) is 27.9 Å². The molecule has 21 heavy (non-hydrogen) atoms. The van der Waals surface area contributed by atoms with E-state index in [0.717, 1.165) is 0 Å². The van der Waals surface area contributed by atoms with Gasteiger partial charge >= 0.3 is 12.1 Å². The van der Waals surface area contributed by atoms with Crippen LogP contribution in [-0.4, -0.2) is 64.5 Å². The standard InChI is InChI=1S/C13H25NO7/c1-13(2,3)21-12(16)14-10(11(15)18-5)8-20-9-19-7-6-17-4/h10H,6-9H2,1-5H3,(H,14,16)/t10-/m1/s1. The Balaban J connectivity index is 4.15. The van der Waals surface area contributed by atoms with E-state index in [1.165, 1.54) is 7.11 Å². The molecule has 1 N–H and O–H groups in total. The van der Waals surface area contributed by atoms with Gasteiger partial charge in [-0.05, 0) is 20.8 Å². The minimum atomic E-state index is -0.962. The molecular weight excluding hydrogens is 282 g/mol. The van der Waals surface area contributed by atoms with Gasteiger partial charge in [-0.1, -0.05) is 0 Å². The zero-order valence-corrected chi connectivity index (χ0v) is 13.3. The molecule has 0 saturated heterocycles. The monoisotopic (exact) mass is 307 g/mol. The first-order chi connectivity index (χ1) is 9.80. The van der Waals surface area contributed by atoms with Crippen LogP contribution >= 0.6 is 0 Å². The van der Waals surface area contributed by atoms with Crippen LogP contribution in [0.3, 0.4) is 0 Å². The highest BCUT2D eigenvalue weighted by Crippen LogP contribution is 2.07. The van der Waals surface area contributed by atoms with Gasteiger partial charge in [0.2, 0.25) is 0 Å². The molecule has 0 bridgehead atoms. The third kappa shape index (κ3) is 11.0. The van der Waals surface area contributed by atoms with Crippen LogP contribution in [0.25, 0.3) is 0 Å². The Morgan fingerprint density at radius 3 is 2.29 bits per heavy atom. The molecule has 0 unspecified atom stereocenters. The molecule has 1 atom stereocenters. The van der Waals surface area contributed by atoms with Gasteiger partial charge in [-0.15, -0.1) is 0 Å². The molecule has 0 fully saturated rings. The van der Waals surface area contributed by atoms with Crippen molar-refractivity contribution in [2.45, 2.75) is 32.4 Å². The lowest BCUT2D eigenvalue weighted by Gasteiger charge is -2.22. The molecule has 8 nitrogen and oxygen atoms in total. The Labute approximate surface area is 125 Å². The Hall–Kier alpha value is -1.38. The van der Waals surface area contributed by atoms with Gasteiger partial charge in [-0.25, -0.2) is 9.59 Å². The van der Waals surface area contributed by atoms with Crippen LogP contribution in [0.1, 0.15) is 20.8 Å². The quantitative estimate of drug-likeness (QED) is 0.380. The van der Waals surface area contributed by atoms with E-state index < -0.39 is 23.7 Å². The lowest BCUT2D eigenvalue weighted by molar-refractivity contribution is -0.147. The zero-order chi connectivity index (χ0) is 16.3. The van der Waals surface area contributed by atoms with E-state index in [4.69, 9.17) is 18.9 Å². The summed E-state index contributed by atoms with van der Waals surface area (Å²) in [5.41, 5.74) is -0.658. The van der Waals surface area contributed by atoms with Gasteiger partial charge in [0.15, 0.2) is 6.04 Å². The Morgan fingerprint density at radius 2 is 1.76 bits per heavy atom. The van der Waals surface area contributed by atoms with Crippen molar-refractivity contribution in [3.63, 3.8) is 0 Å². The van der Waals surface area contributed by atoms with Crippen LogP contribution in [0.2, 0.25) is 0 Å². The van der Waals surface area contributed by atoms with Crippen molar-refractivity contribution in [3.05, 3.63) is 0 Å². The maximum Gasteiger partial charge on any atom is 0.408 e. The summed E-state index contributed by atoms with van der Waals surface area (Å²) >= 11 is 0. The smallest absolute Gasteiger partial charge is 0.408 e. The molecule has 0 aliphatic rings. The summed E-state index contributed by atoms with van der Waals surface area (Å²) in [7, 11) is 2.78. The lowest BCUT2D eigenvalue weighted by Crippen LogP contribution is -2.46. The van der Waals surface area contributed by atoms with E-state index in [9.17, 15) is 9.59 Å². The highest BCUT2D eigenvalue weighted by Gasteiger charge is 2.25. The van der Waals surface area contributed by atoms with Crippen LogP contribution in [0, 0.1) is 0 Å². The molecule has 8 heteroatoms. The van der Waals surface area contributed by atoms with E-state index >= 15 is 0 Å². The number of nitrogens with one attached hydrogen (secondary N) is 1. The molecule has 0 aromatic carbocycles. The topological polar surface area (TPSA) is 92.3 Å². The number of ether oxygens (including phenoxy) is 5.